The van der Waals surface area contributed by atoms with E-state index in [1.54, 1.807) is 0 Å². The van der Waals surface area contributed by atoms with Gasteiger partial charge in [0.15, 0.2) is 0 Å². The van der Waals surface area contributed by atoms with Gasteiger partial charge in [0.1, 0.15) is 5.82 Å². The molecule has 2 aliphatic rings. The molecule has 1 aromatic carbocycles. The van der Waals surface area contributed by atoms with Crippen molar-refractivity contribution in [2.75, 3.05) is 57.4 Å². The molecule has 134 valence electrons. The van der Waals surface area contributed by atoms with Crippen molar-refractivity contribution in [1.29, 1.82) is 0 Å². The van der Waals surface area contributed by atoms with Crippen LogP contribution >= 0.6 is 0 Å². The van der Waals surface area contributed by atoms with Crippen LogP contribution in [-0.4, -0.2) is 74.8 Å². The maximum atomic E-state index is 13.0. The van der Waals surface area contributed by atoms with E-state index in [0.29, 0.717) is 13.2 Å². The summed E-state index contributed by atoms with van der Waals surface area (Å²) >= 11 is 0. The van der Waals surface area contributed by atoms with E-state index in [1.807, 2.05) is 12.1 Å². The van der Waals surface area contributed by atoms with Gasteiger partial charge in [0, 0.05) is 51.6 Å². The van der Waals surface area contributed by atoms with E-state index in [9.17, 15) is 9.50 Å². The third-order valence-electron chi connectivity index (χ3n) is 4.73. The summed E-state index contributed by atoms with van der Waals surface area (Å²) in [6.07, 6.45) is 1.61. The minimum absolute atomic E-state index is 0.204. The highest BCUT2D eigenvalue weighted by atomic mass is 19.1. The fourth-order valence-corrected chi connectivity index (χ4v) is 3.28. The number of ether oxygens (including phenoxy) is 2. The summed E-state index contributed by atoms with van der Waals surface area (Å²) in [7, 11) is 0. The summed E-state index contributed by atoms with van der Waals surface area (Å²) in [4.78, 5) is 4.51. The smallest absolute Gasteiger partial charge is 0.123 e. The molecular weight excluding hydrogens is 311 g/mol. The van der Waals surface area contributed by atoms with Crippen LogP contribution in [0.4, 0.5) is 10.1 Å². The van der Waals surface area contributed by atoms with Gasteiger partial charge in [-0.2, -0.15) is 0 Å². The molecule has 2 heterocycles. The lowest BCUT2D eigenvalue weighted by molar-refractivity contribution is -0.0642. The average molecular weight is 338 g/mol. The number of aliphatic hydroxyl groups is 1. The van der Waals surface area contributed by atoms with Crippen LogP contribution in [-0.2, 0) is 9.47 Å². The maximum absolute atomic E-state index is 13.0. The number of hydrogen-bond acceptors (Lipinski definition) is 5. The third kappa shape index (κ3) is 5.14. The predicted octanol–water partition coefficient (Wildman–Crippen LogP) is 1.50. The van der Waals surface area contributed by atoms with Crippen LogP contribution in [0.3, 0.4) is 0 Å². The highest BCUT2D eigenvalue weighted by Gasteiger charge is 2.21. The molecule has 2 aliphatic heterocycles. The Bertz CT molecular complexity index is 486. The number of benzene rings is 1. The first-order valence-corrected chi connectivity index (χ1v) is 8.81. The Balaban J connectivity index is 1.36. The molecule has 5 nitrogen and oxygen atoms in total. The summed E-state index contributed by atoms with van der Waals surface area (Å²) in [6, 6.07) is 6.64. The molecule has 0 radical (unpaired) electrons. The zero-order valence-corrected chi connectivity index (χ0v) is 14.1. The van der Waals surface area contributed by atoms with Crippen LogP contribution in [0.25, 0.3) is 0 Å². The van der Waals surface area contributed by atoms with E-state index in [2.05, 4.69) is 9.80 Å². The lowest BCUT2D eigenvalue weighted by Crippen LogP contribution is -2.49. The molecule has 2 fully saturated rings. The first-order valence-electron chi connectivity index (χ1n) is 8.81. The largest absolute Gasteiger partial charge is 0.389 e. The summed E-state index contributed by atoms with van der Waals surface area (Å²) in [5, 5.41) is 10.2. The average Bonchev–Trinajstić information content (AvgIpc) is 2.62. The Labute approximate surface area is 143 Å². The van der Waals surface area contributed by atoms with Gasteiger partial charge in [-0.15, -0.1) is 0 Å². The number of piperazine rings is 1. The predicted molar refractivity (Wildman–Crippen MR) is 90.9 cm³/mol. The minimum atomic E-state index is -0.454. The van der Waals surface area contributed by atoms with Gasteiger partial charge in [-0.1, -0.05) is 0 Å². The van der Waals surface area contributed by atoms with Crippen molar-refractivity contribution < 1.29 is 19.0 Å². The van der Waals surface area contributed by atoms with Gasteiger partial charge in [-0.25, -0.2) is 4.39 Å². The number of anilines is 1. The fourth-order valence-electron chi connectivity index (χ4n) is 3.28. The first kappa shape index (κ1) is 17.6. The summed E-state index contributed by atoms with van der Waals surface area (Å²) in [6.45, 7) is 6.11. The molecule has 0 spiro atoms. The van der Waals surface area contributed by atoms with Gasteiger partial charge in [0.2, 0.25) is 0 Å². The van der Waals surface area contributed by atoms with Crippen molar-refractivity contribution in [1.82, 2.24) is 4.90 Å². The van der Waals surface area contributed by atoms with E-state index in [0.717, 1.165) is 57.9 Å². The van der Waals surface area contributed by atoms with Crippen LogP contribution in [0.1, 0.15) is 12.8 Å². The van der Waals surface area contributed by atoms with E-state index in [1.165, 1.54) is 12.1 Å². The maximum Gasteiger partial charge on any atom is 0.123 e. The Kier molecular flexibility index (Phi) is 6.43. The number of halogens is 1. The molecule has 1 atom stereocenters. The van der Waals surface area contributed by atoms with Gasteiger partial charge in [0.05, 0.1) is 18.8 Å². The number of rotatable bonds is 6. The molecule has 3 rings (SSSR count). The molecule has 2 saturated heterocycles. The Morgan fingerprint density at radius 2 is 1.79 bits per heavy atom. The number of β-amino-alcohol motifs (C(OH)–C–C–N with tert-alkyl or cyclic N) is 1. The highest BCUT2D eigenvalue weighted by Crippen LogP contribution is 2.17. The van der Waals surface area contributed by atoms with Crippen molar-refractivity contribution in [2.45, 2.75) is 25.0 Å². The fraction of sp³-hybridized carbons (Fsp3) is 0.667. The first-order chi connectivity index (χ1) is 11.7. The van der Waals surface area contributed by atoms with Crippen molar-refractivity contribution in [2.24, 2.45) is 0 Å². The highest BCUT2D eigenvalue weighted by molar-refractivity contribution is 5.46. The molecule has 0 amide bonds. The van der Waals surface area contributed by atoms with Crippen molar-refractivity contribution in [3.05, 3.63) is 30.1 Å². The Hall–Kier alpha value is -1.21. The topological polar surface area (TPSA) is 45.2 Å². The zero-order chi connectivity index (χ0) is 16.8. The van der Waals surface area contributed by atoms with Crippen LogP contribution in [0.15, 0.2) is 24.3 Å². The van der Waals surface area contributed by atoms with E-state index >= 15 is 0 Å². The Morgan fingerprint density at radius 3 is 2.46 bits per heavy atom. The van der Waals surface area contributed by atoms with Gasteiger partial charge < -0.3 is 19.5 Å². The molecule has 1 unspecified atom stereocenters. The number of nitrogens with zero attached hydrogens (tertiary/aromatic N) is 2. The summed E-state index contributed by atoms with van der Waals surface area (Å²) < 4.78 is 24.1. The van der Waals surface area contributed by atoms with Gasteiger partial charge in [-0.3, -0.25) is 4.90 Å². The zero-order valence-electron chi connectivity index (χ0n) is 14.1. The minimum Gasteiger partial charge on any atom is -0.389 e. The van der Waals surface area contributed by atoms with Crippen molar-refractivity contribution in [3.63, 3.8) is 0 Å². The Morgan fingerprint density at radius 1 is 1.12 bits per heavy atom. The van der Waals surface area contributed by atoms with Crippen LogP contribution in [0.2, 0.25) is 0 Å². The molecule has 1 N–H and O–H groups in total. The van der Waals surface area contributed by atoms with Crippen molar-refractivity contribution >= 4 is 5.69 Å². The van der Waals surface area contributed by atoms with E-state index in [-0.39, 0.29) is 11.9 Å². The van der Waals surface area contributed by atoms with Crippen LogP contribution in [0, 0.1) is 5.82 Å². The second-order valence-corrected chi connectivity index (χ2v) is 6.56. The molecule has 6 heteroatoms. The molecule has 0 saturated carbocycles. The number of hydrogen-bond donors (Lipinski definition) is 1. The van der Waals surface area contributed by atoms with Crippen LogP contribution < -0.4 is 4.90 Å². The van der Waals surface area contributed by atoms with Gasteiger partial charge >= 0.3 is 0 Å². The quantitative estimate of drug-likeness (QED) is 0.852. The molecule has 0 aliphatic carbocycles. The molecule has 1 aromatic rings. The standard InChI is InChI=1S/C18H27FN2O3/c19-15-1-3-16(4-2-15)21-9-7-20(8-10-21)13-17(22)14-24-18-5-11-23-12-6-18/h1-4,17-18,22H,5-14H2. The van der Waals surface area contributed by atoms with Gasteiger partial charge in [-0.05, 0) is 37.1 Å². The third-order valence-corrected chi connectivity index (χ3v) is 4.73. The summed E-state index contributed by atoms with van der Waals surface area (Å²) in [5.74, 6) is -0.204. The lowest BCUT2D eigenvalue weighted by Gasteiger charge is -2.37. The molecule has 24 heavy (non-hydrogen) atoms. The molecule has 0 aromatic heterocycles. The second-order valence-electron chi connectivity index (χ2n) is 6.56. The summed E-state index contributed by atoms with van der Waals surface area (Å²) in [5.41, 5.74) is 1.06. The van der Waals surface area contributed by atoms with E-state index < -0.39 is 6.10 Å². The van der Waals surface area contributed by atoms with Crippen LogP contribution in [0.5, 0.6) is 0 Å². The monoisotopic (exact) mass is 338 g/mol. The van der Waals surface area contributed by atoms with E-state index in [4.69, 9.17) is 9.47 Å². The SMILES string of the molecule is OC(COC1CCOCC1)CN1CCN(c2ccc(F)cc2)CC1. The second kappa shape index (κ2) is 8.76. The van der Waals surface area contributed by atoms with Gasteiger partial charge in [0.25, 0.3) is 0 Å². The normalized spacial score (nSPS) is 21.8. The number of aliphatic hydroxyl groups excluding tert-OH is 1. The van der Waals surface area contributed by atoms with Crippen molar-refractivity contribution in [3.8, 4) is 0 Å². The lowest BCUT2D eigenvalue weighted by atomic mass is 10.1. The molecular formula is C18H27FN2O3. The molecule has 0 bridgehead atoms.